The van der Waals surface area contributed by atoms with Crippen LogP contribution in [-0.4, -0.2) is 27.8 Å². The molecule has 9 heteroatoms. The quantitative estimate of drug-likeness (QED) is 0.744. The fraction of sp³-hybridized carbons (Fsp3) is 0.500. The third-order valence-corrected chi connectivity index (χ3v) is 3.26. The van der Waals surface area contributed by atoms with E-state index in [0.717, 1.165) is 12.3 Å². The van der Waals surface area contributed by atoms with E-state index in [1.54, 1.807) is 6.07 Å². The standard InChI is InChI=1S/C12H17F3N2O2S.ClH/c1-20(18,19)17-8-4-7-16-9-10-5-2-3-6-11(10)12(13,14)15;/h2-3,5-6,16-17H,4,7-9H2,1H3;1H. The minimum Gasteiger partial charge on any atom is -0.313 e. The molecule has 0 aliphatic carbocycles. The van der Waals surface area contributed by atoms with E-state index in [-0.39, 0.29) is 31.1 Å². The van der Waals surface area contributed by atoms with E-state index in [1.165, 1.54) is 12.1 Å². The lowest BCUT2D eigenvalue weighted by atomic mass is 10.1. The molecule has 0 spiro atoms. The lowest BCUT2D eigenvalue weighted by molar-refractivity contribution is -0.138. The lowest BCUT2D eigenvalue weighted by Crippen LogP contribution is -2.26. The van der Waals surface area contributed by atoms with Crippen molar-refractivity contribution in [1.82, 2.24) is 10.0 Å². The second kappa shape index (κ2) is 8.57. The number of halogens is 4. The fourth-order valence-corrected chi connectivity index (χ4v) is 2.16. The first kappa shape index (κ1) is 20.2. The number of rotatable bonds is 7. The molecule has 4 nitrogen and oxygen atoms in total. The molecule has 0 heterocycles. The summed E-state index contributed by atoms with van der Waals surface area (Å²) in [5.74, 6) is 0. The second-order valence-corrected chi connectivity index (χ2v) is 6.18. The van der Waals surface area contributed by atoms with Gasteiger partial charge in [-0.25, -0.2) is 13.1 Å². The van der Waals surface area contributed by atoms with E-state index in [2.05, 4.69) is 10.0 Å². The minimum absolute atomic E-state index is 0. The molecule has 0 aliphatic rings. The third-order valence-electron chi connectivity index (χ3n) is 2.53. The summed E-state index contributed by atoms with van der Waals surface area (Å²) in [6.07, 6.45) is -2.81. The van der Waals surface area contributed by atoms with Crippen LogP contribution in [0.1, 0.15) is 17.5 Å². The SMILES string of the molecule is CS(=O)(=O)NCCCNCc1ccccc1C(F)(F)F.Cl. The van der Waals surface area contributed by atoms with Crippen LogP contribution in [0.25, 0.3) is 0 Å². The molecule has 0 aromatic heterocycles. The molecule has 0 atom stereocenters. The monoisotopic (exact) mass is 346 g/mol. The van der Waals surface area contributed by atoms with E-state index < -0.39 is 21.8 Å². The van der Waals surface area contributed by atoms with Crippen LogP contribution in [0.15, 0.2) is 24.3 Å². The van der Waals surface area contributed by atoms with Gasteiger partial charge >= 0.3 is 6.18 Å². The van der Waals surface area contributed by atoms with Crippen molar-refractivity contribution in [2.75, 3.05) is 19.3 Å². The highest BCUT2D eigenvalue weighted by Crippen LogP contribution is 2.31. The summed E-state index contributed by atoms with van der Waals surface area (Å²) in [7, 11) is -3.22. The molecule has 0 radical (unpaired) electrons. The lowest BCUT2D eigenvalue weighted by Gasteiger charge is -2.13. The summed E-state index contributed by atoms with van der Waals surface area (Å²) < 4.78 is 62.0. The largest absolute Gasteiger partial charge is 0.416 e. The highest BCUT2D eigenvalue weighted by Gasteiger charge is 2.32. The maximum atomic E-state index is 12.7. The molecule has 21 heavy (non-hydrogen) atoms. The van der Waals surface area contributed by atoms with Crippen molar-refractivity contribution in [2.24, 2.45) is 0 Å². The van der Waals surface area contributed by atoms with Gasteiger partial charge < -0.3 is 5.32 Å². The Kier molecular flexibility index (Phi) is 8.23. The Labute approximate surface area is 128 Å². The van der Waals surface area contributed by atoms with E-state index in [4.69, 9.17) is 0 Å². The smallest absolute Gasteiger partial charge is 0.313 e. The van der Waals surface area contributed by atoms with E-state index in [1.807, 2.05) is 0 Å². The van der Waals surface area contributed by atoms with Gasteiger partial charge in [0, 0.05) is 13.1 Å². The van der Waals surface area contributed by atoms with Crippen molar-refractivity contribution in [1.29, 1.82) is 0 Å². The Hall–Kier alpha value is -0.830. The molecule has 0 saturated heterocycles. The minimum atomic E-state index is -4.36. The third kappa shape index (κ3) is 8.25. The van der Waals surface area contributed by atoms with Gasteiger partial charge in [0.2, 0.25) is 10.0 Å². The van der Waals surface area contributed by atoms with Crippen LogP contribution in [0.3, 0.4) is 0 Å². The van der Waals surface area contributed by atoms with Crippen LogP contribution in [-0.2, 0) is 22.7 Å². The first-order valence-electron chi connectivity index (χ1n) is 6.00. The summed E-state index contributed by atoms with van der Waals surface area (Å²) in [5, 5.41) is 2.87. The molecule has 2 N–H and O–H groups in total. The molecule has 0 unspecified atom stereocenters. The molecule has 0 fully saturated rings. The Bertz CT molecular complexity index is 536. The van der Waals surface area contributed by atoms with Gasteiger partial charge in [0.15, 0.2) is 0 Å². The van der Waals surface area contributed by atoms with Crippen molar-refractivity contribution >= 4 is 22.4 Å². The number of sulfonamides is 1. The molecule has 122 valence electrons. The fourth-order valence-electron chi connectivity index (χ4n) is 1.65. The molecule has 0 saturated carbocycles. The van der Waals surface area contributed by atoms with Gasteiger partial charge in [0.05, 0.1) is 11.8 Å². The van der Waals surface area contributed by atoms with Crippen LogP contribution in [0, 0.1) is 0 Å². The van der Waals surface area contributed by atoms with E-state index >= 15 is 0 Å². The topological polar surface area (TPSA) is 58.2 Å². The van der Waals surface area contributed by atoms with Gasteiger partial charge in [0.25, 0.3) is 0 Å². The van der Waals surface area contributed by atoms with Crippen LogP contribution in [0.2, 0.25) is 0 Å². The van der Waals surface area contributed by atoms with Gasteiger partial charge in [-0.2, -0.15) is 13.2 Å². The second-order valence-electron chi connectivity index (χ2n) is 4.35. The molecule has 0 bridgehead atoms. The zero-order chi connectivity index (χ0) is 15.2. The highest BCUT2D eigenvalue weighted by molar-refractivity contribution is 7.88. The molecule has 1 rings (SSSR count). The first-order valence-corrected chi connectivity index (χ1v) is 7.90. The maximum absolute atomic E-state index is 12.7. The van der Waals surface area contributed by atoms with Crippen molar-refractivity contribution in [3.8, 4) is 0 Å². The van der Waals surface area contributed by atoms with E-state index in [9.17, 15) is 21.6 Å². The number of alkyl halides is 3. The molecule has 0 aliphatic heterocycles. The average molecular weight is 347 g/mol. The highest BCUT2D eigenvalue weighted by atomic mass is 35.5. The van der Waals surface area contributed by atoms with Crippen molar-refractivity contribution in [2.45, 2.75) is 19.1 Å². The Balaban J connectivity index is 0.00000400. The normalized spacial score (nSPS) is 12.0. The van der Waals surface area contributed by atoms with Crippen molar-refractivity contribution < 1.29 is 21.6 Å². The maximum Gasteiger partial charge on any atom is 0.416 e. The Morgan fingerprint density at radius 2 is 1.76 bits per heavy atom. The van der Waals surface area contributed by atoms with Gasteiger partial charge in [-0.05, 0) is 24.6 Å². The van der Waals surface area contributed by atoms with E-state index in [0.29, 0.717) is 13.0 Å². The molecule has 0 amide bonds. The summed E-state index contributed by atoms with van der Waals surface area (Å²) in [6.45, 7) is 0.774. The van der Waals surface area contributed by atoms with Gasteiger partial charge in [-0.3, -0.25) is 0 Å². The van der Waals surface area contributed by atoms with Crippen molar-refractivity contribution in [3.05, 3.63) is 35.4 Å². The Morgan fingerprint density at radius 1 is 1.14 bits per heavy atom. The van der Waals surface area contributed by atoms with Gasteiger partial charge in [-0.1, -0.05) is 18.2 Å². The zero-order valence-corrected chi connectivity index (χ0v) is 13.0. The van der Waals surface area contributed by atoms with Crippen LogP contribution < -0.4 is 10.0 Å². The molecule has 1 aromatic rings. The van der Waals surface area contributed by atoms with Crippen LogP contribution in [0.5, 0.6) is 0 Å². The molecule has 1 aromatic carbocycles. The summed E-state index contributed by atoms with van der Waals surface area (Å²) >= 11 is 0. The van der Waals surface area contributed by atoms with Crippen LogP contribution in [0.4, 0.5) is 13.2 Å². The van der Waals surface area contributed by atoms with Gasteiger partial charge in [0.1, 0.15) is 0 Å². The van der Waals surface area contributed by atoms with Crippen molar-refractivity contribution in [3.63, 3.8) is 0 Å². The zero-order valence-electron chi connectivity index (χ0n) is 11.4. The average Bonchev–Trinajstić information content (AvgIpc) is 2.31. The number of hydrogen-bond acceptors (Lipinski definition) is 3. The number of benzene rings is 1. The predicted octanol–water partition coefficient (Wildman–Crippen LogP) is 2.16. The van der Waals surface area contributed by atoms with Gasteiger partial charge in [-0.15, -0.1) is 12.4 Å². The molecular weight excluding hydrogens is 329 g/mol. The summed E-state index contributed by atoms with van der Waals surface area (Å²) in [6, 6.07) is 5.37. The number of hydrogen-bond donors (Lipinski definition) is 2. The summed E-state index contributed by atoms with van der Waals surface area (Å²) in [5.41, 5.74) is -0.474. The molecular formula is C12H18ClF3N2O2S. The first-order chi connectivity index (χ1) is 9.20. The predicted molar refractivity (Wildman–Crippen MR) is 77.9 cm³/mol. The Morgan fingerprint density at radius 3 is 2.33 bits per heavy atom. The number of nitrogens with one attached hydrogen (secondary N) is 2. The van der Waals surface area contributed by atoms with Crippen LogP contribution >= 0.6 is 12.4 Å². The summed E-state index contributed by atoms with van der Waals surface area (Å²) in [4.78, 5) is 0.